The molecule has 20 heavy (non-hydrogen) atoms. The van der Waals surface area contributed by atoms with Crippen LogP contribution >= 0.6 is 0 Å². The summed E-state index contributed by atoms with van der Waals surface area (Å²) in [6, 6.07) is -0.914. The second kappa shape index (κ2) is 7.12. The largest absolute Gasteiger partial charge is 0.481 e. The Morgan fingerprint density at radius 1 is 1.30 bits per heavy atom. The lowest BCUT2D eigenvalue weighted by Crippen LogP contribution is -2.59. The summed E-state index contributed by atoms with van der Waals surface area (Å²) < 4.78 is 0. The van der Waals surface area contributed by atoms with Crippen molar-refractivity contribution < 1.29 is 19.5 Å². The van der Waals surface area contributed by atoms with E-state index in [0.717, 1.165) is 6.42 Å². The summed E-state index contributed by atoms with van der Waals surface area (Å²) >= 11 is 0. The number of carboxylic acid groups (broad SMARTS) is 1. The Morgan fingerprint density at radius 3 is 2.40 bits per heavy atom. The third-order valence-electron chi connectivity index (χ3n) is 3.58. The highest BCUT2D eigenvalue weighted by Crippen LogP contribution is 2.23. The maximum atomic E-state index is 11.8. The van der Waals surface area contributed by atoms with E-state index >= 15 is 0 Å². The average Bonchev–Trinajstić information content (AvgIpc) is 2.33. The van der Waals surface area contributed by atoms with E-state index in [4.69, 9.17) is 5.11 Å². The van der Waals surface area contributed by atoms with Crippen LogP contribution in [0.5, 0.6) is 0 Å². The van der Waals surface area contributed by atoms with E-state index in [-0.39, 0.29) is 17.9 Å². The molecule has 1 fully saturated rings. The van der Waals surface area contributed by atoms with Crippen LogP contribution in [0.1, 0.15) is 27.2 Å². The quantitative estimate of drug-likeness (QED) is 0.652. The molecule has 1 aliphatic rings. The molecule has 114 valence electrons. The predicted molar refractivity (Wildman–Crippen MR) is 73.2 cm³/mol. The van der Waals surface area contributed by atoms with Gasteiger partial charge in [-0.25, -0.2) is 4.79 Å². The molecular formula is C13H23N3O4. The number of urea groups is 1. The number of hydrogen-bond donors (Lipinski definition) is 3. The maximum Gasteiger partial charge on any atom is 0.318 e. The number of nitrogens with one attached hydrogen (secondary N) is 2. The van der Waals surface area contributed by atoms with Crippen LogP contribution in [0.15, 0.2) is 0 Å². The summed E-state index contributed by atoms with van der Waals surface area (Å²) in [4.78, 5) is 35.8. The molecule has 3 N–H and O–H groups in total. The first-order valence-corrected chi connectivity index (χ1v) is 6.92. The molecule has 0 aromatic carbocycles. The first-order chi connectivity index (χ1) is 9.36. The molecule has 3 amide bonds. The van der Waals surface area contributed by atoms with Crippen LogP contribution in [-0.2, 0) is 9.59 Å². The highest BCUT2D eigenvalue weighted by atomic mass is 16.4. The fourth-order valence-corrected chi connectivity index (χ4v) is 1.94. The first kappa shape index (κ1) is 16.3. The number of hydrogen-bond acceptors (Lipinski definition) is 3. The molecule has 2 unspecified atom stereocenters. The monoisotopic (exact) mass is 285 g/mol. The Morgan fingerprint density at radius 2 is 1.90 bits per heavy atom. The summed E-state index contributed by atoms with van der Waals surface area (Å²) in [5.41, 5.74) is 0. The van der Waals surface area contributed by atoms with Crippen LogP contribution in [0, 0.1) is 11.8 Å². The minimum Gasteiger partial charge on any atom is -0.481 e. The van der Waals surface area contributed by atoms with Gasteiger partial charge < -0.3 is 20.6 Å². The van der Waals surface area contributed by atoms with Gasteiger partial charge in [-0.05, 0) is 13.3 Å². The van der Waals surface area contributed by atoms with Crippen molar-refractivity contribution in [2.75, 3.05) is 19.6 Å². The van der Waals surface area contributed by atoms with E-state index in [1.165, 1.54) is 4.90 Å². The Balaban J connectivity index is 2.31. The van der Waals surface area contributed by atoms with Crippen molar-refractivity contribution in [3.8, 4) is 0 Å². The molecule has 0 aromatic heterocycles. The minimum atomic E-state index is -0.845. The lowest BCUT2D eigenvalue weighted by atomic mass is 9.87. The zero-order chi connectivity index (χ0) is 15.3. The molecule has 1 aliphatic heterocycles. The van der Waals surface area contributed by atoms with E-state index in [0.29, 0.717) is 19.6 Å². The number of carbonyl (C=O) groups is 3. The number of nitrogens with zero attached hydrogens (tertiary/aromatic N) is 1. The summed E-state index contributed by atoms with van der Waals surface area (Å²) in [6.45, 7) is 6.64. The zero-order valence-corrected chi connectivity index (χ0v) is 12.2. The van der Waals surface area contributed by atoms with Gasteiger partial charge in [-0.15, -0.1) is 0 Å². The smallest absolute Gasteiger partial charge is 0.318 e. The summed E-state index contributed by atoms with van der Waals surface area (Å²) in [5, 5.41) is 14.2. The van der Waals surface area contributed by atoms with Gasteiger partial charge in [-0.2, -0.15) is 0 Å². The normalized spacial score (nSPS) is 17.9. The molecule has 2 atom stereocenters. The summed E-state index contributed by atoms with van der Waals surface area (Å²) in [6.07, 6.45) is 0.841. The minimum absolute atomic E-state index is 0.0116. The van der Waals surface area contributed by atoms with Crippen molar-refractivity contribution in [1.29, 1.82) is 0 Å². The number of rotatable bonds is 6. The number of carboxylic acids is 1. The zero-order valence-electron chi connectivity index (χ0n) is 12.2. The van der Waals surface area contributed by atoms with Gasteiger partial charge in [0.25, 0.3) is 0 Å². The van der Waals surface area contributed by atoms with E-state index in [1.54, 1.807) is 13.8 Å². The van der Waals surface area contributed by atoms with Crippen molar-refractivity contribution in [1.82, 2.24) is 15.5 Å². The lowest BCUT2D eigenvalue weighted by molar-refractivity contribution is -0.144. The Labute approximate surface area is 118 Å². The molecule has 0 aliphatic carbocycles. The van der Waals surface area contributed by atoms with Gasteiger partial charge >= 0.3 is 12.0 Å². The molecule has 0 radical (unpaired) electrons. The lowest BCUT2D eigenvalue weighted by Gasteiger charge is -2.41. The van der Waals surface area contributed by atoms with Gasteiger partial charge in [0.1, 0.15) is 6.04 Å². The Kier molecular flexibility index (Phi) is 5.79. The van der Waals surface area contributed by atoms with E-state index in [1.807, 2.05) is 6.92 Å². The SMILES string of the molecule is CCCNC(=O)C(C)NC(=O)N1CC(C(C)C(=O)O)C1. The number of carbonyl (C=O) groups excluding carboxylic acids is 2. The molecule has 1 rings (SSSR count). The van der Waals surface area contributed by atoms with Crippen molar-refractivity contribution in [2.24, 2.45) is 11.8 Å². The fourth-order valence-electron chi connectivity index (χ4n) is 1.94. The second-order valence-corrected chi connectivity index (χ2v) is 5.25. The van der Waals surface area contributed by atoms with Gasteiger partial charge in [0.15, 0.2) is 0 Å². The number of likely N-dealkylation sites (tertiary alicyclic amines) is 1. The van der Waals surface area contributed by atoms with Gasteiger partial charge in [-0.3, -0.25) is 9.59 Å². The highest BCUT2D eigenvalue weighted by Gasteiger charge is 2.37. The third kappa shape index (κ3) is 4.11. The van der Waals surface area contributed by atoms with Crippen LogP contribution in [0.4, 0.5) is 4.79 Å². The van der Waals surface area contributed by atoms with Crippen LogP contribution in [0.3, 0.4) is 0 Å². The second-order valence-electron chi connectivity index (χ2n) is 5.25. The number of amides is 3. The average molecular weight is 285 g/mol. The predicted octanol–water partition coefficient (Wildman–Crippen LogP) is 0.263. The molecule has 0 spiro atoms. The first-order valence-electron chi connectivity index (χ1n) is 6.92. The van der Waals surface area contributed by atoms with Crippen molar-refractivity contribution in [3.05, 3.63) is 0 Å². The van der Waals surface area contributed by atoms with Crippen LogP contribution < -0.4 is 10.6 Å². The van der Waals surface area contributed by atoms with Gasteiger partial charge in [-0.1, -0.05) is 13.8 Å². The number of aliphatic carboxylic acids is 1. The molecule has 0 saturated carbocycles. The Hall–Kier alpha value is -1.79. The van der Waals surface area contributed by atoms with E-state index in [2.05, 4.69) is 10.6 Å². The molecule has 0 bridgehead atoms. The Bertz CT molecular complexity index is 380. The molecule has 7 heteroatoms. The van der Waals surface area contributed by atoms with Crippen LogP contribution in [-0.4, -0.2) is 53.6 Å². The highest BCUT2D eigenvalue weighted by molar-refractivity contribution is 5.87. The standard InChI is InChI=1S/C13H23N3O4/c1-4-5-14-11(17)9(3)15-13(20)16-6-10(7-16)8(2)12(18)19/h8-10H,4-7H2,1-3H3,(H,14,17)(H,15,20)(H,18,19). The van der Waals surface area contributed by atoms with Crippen LogP contribution in [0.2, 0.25) is 0 Å². The van der Waals surface area contributed by atoms with Gasteiger partial charge in [0.2, 0.25) is 5.91 Å². The van der Waals surface area contributed by atoms with E-state index in [9.17, 15) is 14.4 Å². The van der Waals surface area contributed by atoms with Gasteiger partial charge in [0, 0.05) is 25.6 Å². The third-order valence-corrected chi connectivity index (χ3v) is 3.58. The summed E-state index contributed by atoms with van der Waals surface area (Å²) in [5.74, 6) is -1.52. The van der Waals surface area contributed by atoms with Gasteiger partial charge in [0.05, 0.1) is 5.92 Å². The van der Waals surface area contributed by atoms with Crippen molar-refractivity contribution in [2.45, 2.75) is 33.2 Å². The van der Waals surface area contributed by atoms with Crippen molar-refractivity contribution >= 4 is 17.9 Å². The fraction of sp³-hybridized carbons (Fsp3) is 0.769. The molecule has 0 aromatic rings. The molecular weight excluding hydrogens is 262 g/mol. The van der Waals surface area contributed by atoms with Crippen LogP contribution in [0.25, 0.3) is 0 Å². The molecule has 1 saturated heterocycles. The summed E-state index contributed by atoms with van der Waals surface area (Å²) in [7, 11) is 0. The maximum absolute atomic E-state index is 11.8. The molecule has 7 nitrogen and oxygen atoms in total. The molecule has 1 heterocycles. The van der Waals surface area contributed by atoms with Crippen molar-refractivity contribution in [3.63, 3.8) is 0 Å². The van der Waals surface area contributed by atoms with E-state index < -0.39 is 17.9 Å². The topological polar surface area (TPSA) is 98.7 Å².